The highest BCUT2D eigenvalue weighted by molar-refractivity contribution is 5.92. The van der Waals surface area contributed by atoms with Crippen LogP contribution >= 0.6 is 0 Å². The molecule has 1 unspecified atom stereocenters. The fraction of sp³-hybridized carbons (Fsp3) is 0.250. The second-order valence-corrected chi connectivity index (χ2v) is 8.11. The summed E-state index contributed by atoms with van der Waals surface area (Å²) in [5.41, 5.74) is 3.94. The molecule has 32 heavy (non-hydrogen) atoms. The van der Waals surface area contributed by atoms with Gasteiger partial charge >= 0.3 is 0 Å². The maximum absolute atomic E-state index is 13.2. The van der Waals surface area contributed by atoms with Crippen LogP contribution in [0.3, 0.4) is 0 Å². The highest BCUT2D eigenvalue weighted by Gasteiger charge is 2.26. The summed E-state index contributed by atoms with van der Waals surface area (Å²) in [6.45, 7) is 1.81. The zero-order valence-electron chi connectivity index (χ0n) is 17.5. The average Bonchev–Trinajstić information content (AvgIpc) is 3.49. The van der Waals surface area contributed by atoms with E-state index in [0.717, 1.165) is 41.6 Å². The van der Waals surface area contributed by atoms with E-state index in [1.165, 1.54) is 0 Å². The Morgan fingerprint density at radius 2 is 1.88 bits per heavy atom. The van der Waals surface area contributed by atoms with Crippen molar-refractivity contribution in [2.45, 2.75) is 25.4 Å². The highest BCUT2D eigenvalue weighted by Crippen LogP contribution is 2.27. The van der Waals surface area contributed by atoms with E-state index in [1.807, 2.05) is 58.0 Å². The molecule has 0 saturated carbocycles. The second-order valence-electron chi connectivity index (χ2n) is 8.11. The third-order valence-corrected chi connectivity index (χ3v) is 6.02. The fourth-order valence-electron chi connectivity index (χ4n) is 4.39. The molecule has 2 aromatic carbocycles. The molecule has 0 amide bonds. The lowest BCUT2D eigenvalue weighted by Crippen LogP contribution is -2.29. The molecule has 1 aromatic heterocycles. The van der Waals surface area contributed by atoms with Gasteiger partial charge in [-0.25, -0.2) is 9.36 Å². The summed E-state index contributed by atoms with van der Waals surface area (Å²) in [6, 6.07) is 18.0. The second kappa shape index (κ2) is 7.72. The minimum atomic E-state index is -0.149. The lowest BCUT2D eigenvalue weighted by atomic mass is 10.1. The number of hydrogen-bond donors (Lipinski definition) is 0. The SMILES string of the molecule is O=c1c2nn(Cc3ccc(-n4cccn4)cc3)c3ccccc3c-2nn1C1CCCOC1. The van der Waals surface area contributed by atoms with Gasteiger partial charge in [-0.15, -0.1) is 0 Å². The summed E-state index contributed by atoms with van der Waals surface area (Å²) in [5.74, 6) is 0. The summed E-state index contributed by atoms with van der Waals surface area (Å²) in [5, 5.41) is 14.6. The zero-order valence-corrected chi connectivity index (χ0v) is 17.5. The van der Waals surface area contributed by atoms with Crippen LogP contribution in [-0.2, 0) is 11.3 Å². The number of ether oxygens (including phenoxy) is 1. The zero-order chi connectivity index (χ0) is 21.5. The first kappa shape index (κ1) is 18.9. The lowest BCUT2D eigenvalue weighted by molar-refractivity contribution is 0.0540. The average molecular weight is 426 g/mol. The lowest BCUT2D eigenvalue weighted by Gasteiger charge is -2.21. The molecule has 0 aliphatic carbocycles. The molecule has 8 nitrogen and oxygen atoms in total. The summed E-state index contributed by atoms with van der Waals surface area (Å²) < 4.78 is 10.9. The van der Waals surface area contributed by atoms with Crippen molar-refractivity contribution in [3.63, 3.8) is 0 Å². The number of aromatic nitrogens is 6. The molecule has 1 fully saturated rings. The van der Waals surface area contributed by atoms with Crippen molar-refractivity contribution in [1.82, 2.24) is 29.3 Å². The predicted molar refractivity (Wildman–Crippen MR) is 120 cm³/mol. The van der Waals surface area contributed by atoms with Gasteiger partial charge in [0.15, 0.2) is 5.69 Å². The van der Waals surface area contributed by atoms with E-state index in [4.69, 9.17) is 14.9 Å². The monoisotopic (exact) mass is 426 g/mol. The van der Waals surface area contributed by atoms with Crippen molar-refractivity contribution in [2.75, 3.05) is 13.2 Å². The molecule has 6 rings (SSSR count). The van der Waals surface area contributed by atoms with Crippen LogP contribution in [0.4, 0.5) is 0 Å². The Morgan fingerprint density at radius 1 is 1.00 bits per heavy atom. The number of hydrogen-bond acceptors (Lipinski definition) is 5. The minimum absolute atomic E-state index is 0.0347. The number of rotatable bonds is 4. The first-order valence-electron chi connectivity index (χ1n) is 10.8. The molecule has 8 heteroatoms. The van der Waals surface area contributed by atoms with E-state index >= 15 is 0 Å². The number of benzene rings is 2. The molecular formula is C24H22N6O2. The van der Waals surface area contributed by atoms with Gasteiger partial charge in [0.1, 0.15) is 5.69 Å². The van der Waals surface area contributed by atoms with E-state index < -0.39 is 0 Å². The van der Waals surface area contributed by atoms with Crippen molar-refractivity contribution >= 4 is 10.9 Å². The van der Waals surface area contributed by atoms with E-state index in [9.17, 15) is 4.79 Å². The Balaban J connectivity index is 1.43. The van der Waals surface area contributed by atoms with Crippen LogP contribution in [0.25, 0.3) is 28.0 Å². The smallest absolute Gasteiger partial charge is 0.297 e. The van der Waals surface area contributed by atoms with Crippen LogP contribution in [0.5, 0.6) is 0 Å². The molecule has 3 aliphatic heterocycles. The maximum Gasteiger partial charge on any atom is 0.297 e. The van der Waals surface area contributed by atoms with E-state index in [1.54, 1.807) is 10.9 Å². The fourth-order valence-corrected chi connectivity index (χ4v) is 4.39. The van der Waals surface area contributed by atoms with Crippen LogP contribution in [0, 0.1) is 0 Å². The third kappa shape index (κ3) is 3.20. The van der Waals surface area contributed by atoms with Gasteiger partial charge in [-0.1, -0.05) is 30.3 Å². The summed E-state index contributed by atoms with van der Waals surface area (Å²) >= 11 is 0. The third-order valence-electron chi connectivity index (χ3n) is 6.02. The van der Waals surface area contributed by atoms with E-state index in [-0.39, 0.29) is 11.6 Å². The molecule has 0 spiro atoms. The molecule has 1 saturated heterocycles. The largest absolute Gasteiger partial charge is 0.379 e. The van der Waals surface area contributed by atoms with Crippen LogP contribution in [0.2, 0.25) is 0 Å². The van der Waals surface area contributed by atoms with Crippen molar-refractivity contribution in [2.24, 2.45) is 0 Å². The topological polar surface area (TPSA) is 79.8 Å². The normalized spacial score (nSPS) is 16.7. The van der Waals surface area contributed by atoms with Crippen molar-refractivity contribution in [3.8, 4) is 17.1 Å². The van der Waals surface area contributed by atoms with Crippen LogP contribution in [-0.4, -0.2) is 42.6 Å². The van der Waals surface area contributed by atoms with E-state index in [0.29, 0.717) is 24.5 Å². The Labute approximate surface area is 184 Å². The van der Waals surface area contributed by atoms with Crippen molar-refractivity contribution in [3.05, 3.63) is 82.9 Å². The summed E-state index contributed by atoms with van der Waals surface area (Å²) in [4.78, 5) is 13.2. The van der Waals surface area contributed by atoms with Gasteiger partial charge in [0.2, 0.25) is 0 Å². The standard InChI is InChI=1S/C24H22N6O2/c31-24-23-22(27-30(24)19-5-3-14-32-16-19)20-6-1-2-7-21(20)29(26-23)15-17-8-10-18(11-9-17)28-13-4-12-25-28/h1-2,4,6-13,19H,3,5,14-16H2. The van der Waals surface area contributed by atoms with Gasteiger partial charge in [0, 0.05) is 24.4 Å². The van der Waals surface area contributed by atoms with Gasteiger partial charge in [-0.2, -0.15) is 15.3 Å². The van der Waals surface area contributed by atoms with Gasteiger partial charge in [0.25, 0.3) is 5.56 Å². The quantitative estimate of drug-likeness (QED) is 0.441. The van der Waals surface area contributed by atoms with Gasteiger partial charge in [-0.3, -0.25) is 9.48 Å². The molecule has 1 atom stereocenters. The van der Waals surface area contributed by atoms with Crippen LogP contribution in [0.1, 0.15) is 24.4 Å². The summed E-state index contributed by atoms with van der Waals surface area (Å²) in [7, 11) is 0. The van der Waals surface area contributed by atoms with Crippen molar-refractivity contribution < 1.29 is 4.74 Å². The van der Waals surface area contributed by atoms with Crippen LogP contribution in [0.15, 0.2) is 71.8 Å². The molecule has 3 aliphatic rings. The molecule has 160 valence electrons. The molecule has 0 bridgehead atoms. The minimum Gasteiger partial charge on any atom is -0.379 e. The van der Waals surface area contributed by atoms with Crippen LogP contribution < -0.4 is 5.56 Å². The molecule has 3 aromatic rings. The molecule has 4 heterocycles. The number of para-hydroxylation sites is 1. The first-order chi connectivity index (χ1) is 15.8. The van der Waals surface area contributed by atoms with E-state index in [2.05, 4.69) is 17.2 Å². The number of fused-ring (bicyclic) bond motifs is 3. The Kier molecular flexibility index (Phi) is 4.57. The Bertz CT molecular complexity index is 1400. The summed E-state index contributed by atoms with van der Waals surface area (Å²) in [6.07, 6.45) is 5.50. The Morgan fingerprint density at radius 3 is 2.66 bits per heavy atom. The predicted octanol–water partition coefficient (Wildman–Crippen LogP) is 3.28. The Hall–Kier alpha value is -3.78. The molecule has 0 radical (unpaired) electrons. The number of nitrogens with zero attached hydrogens (tertiary/aromatic N) is 6. The maximum atomic E-state index is 13.2. The van der Waals surface area contributed by atoms with Gasteiger partial charge in [0.05, 0.1) is 30.4 Å². The molecular weight excluding hydrogens is 404 g/mol. The van der Waals surface area contributed by atoms with Gasteiger partial charge < -0.3 is 4.74 Å². The van der Waals surface area contributed by atoms with Gasteiger partial charge in [-0.05, 0) is 42.7 Å². The molecule has 0 N–H and O–H groups in total. The first-order valence-corrected chi connectivity index (χ1v) is 10.8. The van der Waals surface area contributed by atoms with Crippen molar-refractivity contribution in [1.29, 1.82) is 0 Å². The highest BCUT2D eigenvalue weighted by atomic mass is 16.5.